The third-order valence-electron chi connectivity index (χ3n) is 5.37. The van der Waals surface area contributed by atoms with Crippen molar-refractivity contribution in [2.24, 2.45) is 0 Å². The number of carbonyl (C=O) groups is 2. The van der Waals surface area contributed by atoms with Gasteiger partial charge in [0.15, 0.2) is 24.6 Å². The lowest BCUT2D eigenvalue weighted by molar-refractivity contribution is -0.155. The van der Waals surface area contributed by atoms with Crippen molar-refractivity contribution in [1.29, 1.82) is 0 Å². The van der Waals surface area contributed by atoms with Gasteiger partial charge in [0, 0.05) is 12.3 Å². The summed E-state index contributed by atoms with van der Waals surface area (Å²) in [7, 11) is 0. The number of esters is 1. The maximum Gasteiger partial charge on any atom is 0.338 e. The molecular formula is C24H21FN2O8. The Morgan fingerprint density at radius 3 is 2.31 bits per heavy atom. The molecule has 1 aliphatic rings. The predicted molar refractivity (Wildman–Crippen MR) is 118 cm³/mol. The van der Waals surface area contributed by atoms with Gasteiger partial charge in [-0.05, 0) is 17.7 Å². The van der Waals surface area contributed by atoms with Crippen LogP contribution in [0.4, 0.5) is 4.39 Å². The smallest absolute Gasteiger partial charge is 0.338 e. The van der Waals surface area contributed by atoms with Crippen LogP contribution in [-0.4, -0.2) is 44.6 Å². The molecule has 4 rings (SSSR count). The van der Waals surface area contributed by atoms with Crippen molar-refractivity contribution in [3.63, 3.8) is 0 Å². The van der Waals surface area contributed by atoms with E-state index in [-0.39, 0.29) is 12.2 Å². The molecule has 0 bridgehead atoms. The molecule has 0 aliphatic carbocycles. The molecule has 2 heterocycles. The number of carbonyl (C=O) groups excluding carboxylic acids is 1. The molecule has 182 valence electrons. The fourth-order valence-corrected chi connectivity index (χ4v) is 3.62. The van der Waals surface area contributed by atoms with Crippen LogP contribution in [0.1, 0.15) is 22.1 Å². The predicted octanol–water partition coefficient (Wildman–Crippen LogP) is 1.73. The van der Waals surface area contributed by atoms with Crippen molar-refractivity contribution in [1.82, 2.24) is 9.13 Å². The lowest BCUT2D eigenvalue weighted by Crippen LogP contribution is -2.43. The van der Waals surface area contributed by atoms with E-state index >= 15 is 4.39 Å². The Hall–Kier alpha value is -4.09. The molecule has 10 nitrogen and oxygen atoms in total. The van der Waals surface area contributed by atoms with Crippen molar-refractivity contribution < 1.29 is 33.3 Å². The monoisotopic (exact) mass is 484 g/mol. The molecular weight excluding hydrogens is 463 g/mol. The number of aromatic nitrogens is 2. The fourth-order valence-electron chi connectivity index (χ4n) is 3.62. The summed E-state index contributed by atoms with van der Waals surface area (Å²) >= 11 is 0. The molecule has 11 heteroatoms. The number of halogens is 1. The first kappa shape index (κ1) is 24.0. The molecule has 4 atom stereocenters. The Bertz CT molecular complexity index is 1310. The number of carboxylic acid groups (broad SMARTS) is 1. The molecule has 2 aromatic carbocycles. The highest BCUT2D eigenvalue weighted by Gasteiger charge is 2.52. The van der Waals surface area contributed by atoms with Gasteiger partial charge in [-0.3, -0.25) is 9.36 Å². The molecule has 1 N–H and O–H groups in total. The number of nitrogens with zero attached hydrogens (tertiary/aromatic N) is 2. The second-order valence-corrected chi connectivity index (χ2v) is 7.70. The van der Waals surface area contributed by atoms with Gasteiger partial charge < -0.3 is 19.3 Å². The van der Waals surface area contributed by atoms with E-state index in [2.05, 4.69) is 0 Å². The summed E-state index contributed by atoms with van der Waals surface area (Å²) < 4.78 is 32.7. The number of ether oxygens (including phenoxy) is 3. The lowest BCUT2D eigenvalue weighted by atomic mass is 10.1. The summed E-state index contributed by atoms with van der Waals surface area (Å²) in [6.07, 6.45) is -6.66. The lowest BCUT2D eigenvalue weighted by Gasteiger charge is -2.18. The van der Waals surface area contributed by atoms with Gasteiger partial charge in [0.05, 0.1) is 12.2 Å². The van der Waals surface area contributed by atoms with Crippen molar-refractivity contribution >= 4 is 11.9 Å². The van der Waals surface area contributed by atoms with Crippen LogP contribution in [0.25, 0.3) is 0 Å². The van der Waals surface area contributed by atoms with E-state index in [4.69, 9.17) is 14.2 Å². The van der Waals surface area contributed by atoms with Crippen LogP contribution in [0.2, 0.25) is 0 Å². The van der Waals surface area contributed by atoms with Crippen LogP contribution in [0.5, 0.6) is 0 Å². The van der Waals surface area contributed by atoms with E-state index in [1.807, 2.05) is 6.07 Å². The molecule has 0 radical (unpaired) electrons. The van der Waals surface area contributed by atoms with Gasteiger partial charge in [0.2, 0.25) is 0 Å². The van der Waals surface area contributed by atoms with Crippen LogP contribution in [-0.2, 0) is 32.3 Å². The van der Waals surface area contributed by atoms with Crippen LogP contribution < -0.4 is 11.2 Å². The highest BCUT2D eigenvalue weighted by molar-refractivity contribution is 5.89. The van der Waals surface area contributed by atoms with Crippen LogP contribution in [0.3, 0.4) is 0 Å². The zero-order valence-electron chi connectivity index (χ0n) is 18.2. The number of hydrogen-bond donors (Lipinski definition) is 1. The normalized spacial score (nSPS) is 21.5. The van der Waals surface area contributed by atoms with E-state index in [1.165, 1.54) is 12.1 Å². The van der Waals surface area contributed by atoms with E-state index < -0.39 is 54.5 Å². The highest BCUT2D eigenvalue weighted by Crippen LogP contribution is 2.33. The van der Waals surface area contributed by atoms with Crippen LogP contribution >= 0.6 is 0 Å². The molecule has 3 aromatic rings. The fraction of sp³-hybridized carbons (Fsp3) is 0.250. The Balaban J connectivity index is 1.55. The maximum absolute atomic E-state index is 15.4. The average Bonchev–Trinajstić information content (AvgIpc) is 3.18. The van der Waals surface area contributed by atoms with E-state index in [1.54, 1.807) is 42.5 Å². The van der Waals surface area contributed by atoms with Gasteiger partial charge in [-0.2, -0.15) is 0 Å². The quantitative estimate of drug-likeness (QED) is 0.479. The van der Waals surface area contributed by atoms with Crippen LogP contribution in [0.15, 0.2) is 82.5 Å². The Labute approximate surface area is 197 Å². The number of hydrogen-bond acceptors (Lipinski definition) is 7. The minimum atomic E-state index is -2.21. The third-order valence-corrected chi connectivity index (χ3v) is 5.37. The molecule has 1 saturated heterocycles. The highest BCUT2D eigenvalue weighted by atomic mass is 19.1. The number of carboxylic acids is 1. The number of benzene rings is 2. The minimum absolute atomic E-state index is 0.0913. The average molecular weight is 484 g/mol. The topological polar surface area (TPSA) is 126 Å². The number of alkyl halides is 1. The molecule has 1 fully saturated rings. The van der Waals surface area contributed by atoms with E-state index in [0.29, 0.717) is 0 Å². The van der Waals surface area contributed by atoms with Gasteiger partial charge in [0.1, 0.15) is 6.73 Å². The summed E-state index contributed by atoms with van der Waals surface area (Å²) in [6.45, 7) is -0.308. The molecule has 0 saturated carbocycles. The van der Waals surface area contributed by atoms with Gasteiger partial charge in [-0.1, -0.05) is 48.5 Å². The Kier molecular flexibility index (Phi) is 7.18. The molecule has 0 spiro atoms. The summed E-state index contributed by atoms with van der Waals surface area (Å²) in [6, 6.07) is 17.7. The second-order valence-electron chi connectivity index (χ2n) is 7.70. The molecule has 1 aliphatic heterocycles. The molecule has 1 aromatic heterocycles. The largest absolute Gasteiger partial charge is 0.479 e. The first-order valence-electron chi connectivity index (χ1n) is 10.6. The first-order valence-corrected chi connectivity index (χ1v) is 10.6. The molecule has 35 heavy (non-hydrogen) atoms. The minimum Gasteiger partial charge on any atom is -0.479 e. The van der Waals surface area contributed by atoms with Gasteiger partial charge in [-0.15, -0.1) is 0 Å². The third kappa shape index (κ3) is 5.20. The molecule has 1 unspecified atom stereocenters. The van der Waals surface area contributed by atoms with E-state index in [0.717, 1.165) is 27.0 Å². The zero-order chi connectivity index (χ0) is 24.9. The van der Waals surface area contributed by atoms with Gasteiger partial charge >= 0.3 is 17.6 Å². The maximum atomic E-state index is 15.4. The summed E-state index contributed by atoms with van der Waals surface area (Å²) in [5.74, 6) is -2.52. The van der Waals surface area contributed by atoms with Crippen LogP contribution in [0, 0.1) is 0 Å². The van der Waals surface area contributed by atoms with Crippen molar-refractivity contribution in [2.75, 3.05) is 0 Å². The summed E-state index contributed by atoms with van der Waals surface area (Å²) in [5, 5.41) is 9.50. The number of aliphatic carboxylic acids is 1. The van der Waals surface area contributed by atoms with Gasteiger partial charge in [0.25, 0.3) is 5.56 Å². The SMILES string of the molecule is O=C(OC1[C@@H](C(=O)O)O[C@@H](n2ccc(=O)n(COCc3ccccc3)c2=O)[C@H]1F)c1ccccc1. The van der Waals surface area contributed by atoms with Crippen molar-refractivity contribution in [3.05, 3.63) is 105 Å². The Morgan fingerprint density at radius 2 is 1.66 bits per heavy atom. The second kappa shape index (κ2) is 10.5. The van der Waals surface area contributed by atoms with Crippen molar-refractivity contribution in [2.45, 2.75) is 37.9 Å². The van der Waals surface area contributed by atoms with E-state index in [9.17, 15) is 24.3 Å². The van der Waals surface area contributed by atoms with Crippen molar-refractivity contribution in [3.8, 4) is 0 Å². The standard InChI is InChI=1S/C24H21FN2O8/c25-18-19(35-23(31)16-9-5-2-6-10-16)20(22(29)30)34-21(18)26-12-11-17(28)27(24(26)32)14-33-13-15-7-3-1-4-8-15/h1-12,18-21H,13-14H2,(H,29,30)/t18-,19?,20-,21+/m0/s1. The summed E-state index contributed by atoms with van der Waals surface area (Å²) in [4.78, 5) is 49.3. The number of rotatable bonds is 8. The summed E-state index contributed by atoms with van der Waals surface area (Å²) in [5.41, 5.74) is -0.771. The van der Waals surface area contributed by atoms with Gasteiger partial charge in [-0.25, -0.2) is 23.3 Å². The first-order chi connectivity index (χ1) is 16.9. The Morgan fingerprint density at radius 1 is 1.00 bits per heavy atom. The zero-order valence-corrected chi connectivity index (χ0v) is 18.2. The molecule has 0 amide bonds.